The summed E-state index contributed by atoms with van der Waals surface area (Å²) < 4.78 is 5.82. The maximum Gasteiger partial charge on any atom is 0.253 e. The third kappa shape index (κ3) is 5.30. The Hall–Kier alpha value is -1.92. The molecule has 6 nitrogen and oxygen atoms in total. The summed E-state index contributed by atoms with van der Waals surface area (Å²) in [7, 11) is 0. The van der Waals surface area contributed by atoms with Gasteiger partial charge in [-0.05, 0) is 50.8 Å². The van der Waals surface area contributed by atoms with Gasteiger partial charge in [-0.1, -0.05) is 18.2 Å². The Morgan fingerprint density at radius 2 is 1.78 bits per heavy atom. The van der Waals surface area contributed by atoms with Crippen LogP contribution in [0.25, 0.3) is 0 Å². The summed E-state index contributed by atoms with van der Waals surface area (Å²) in [6.45, 7) is 4.10. The Morgan fingerprint density at radius 3 is 2.48 bits per heavy atom. The molecule has 2 saturated heterocycles. The number of piperidine rings is 2. The molecular weight excluding hydrogens is 342 g/mol. The Morgan fingerprint density at radius 1 is 1.04 bits per heavy atom. The highest BCUT2D eigenvalue weighted by atomic mass is 16.5. The highest BCUT2D eigenvalue weighted by Gasteiger charge is 2.33. The number of carbonyl (C=O) groups is 2. The molecule has 0 radical (unpaired) electrons. The molecule has 2 aliphatic rings. The predicted octanol–water partition coefficient (Wildman–Crippen LogP) is 1.90. The van der Waals surface area contributed by atoms with Gasteiger partial charge in [0.15, 0.2) is 0 Å². The number of ether oxygens (including phenoxy) is 1. The summed E-state index contributed by atoms with van der Waals surface area (Å²) in [4.78, 5) is 29.4. The molecule has 1 aromatic rings. The number of nitrogens with zero attached hydrogens (tertiary/aromatic N) is 2. The first-order valence-electron chi connectivity index (χ1n) is 10.1. The third-order valence-corrected chi connectivity index (χ3v) is 5.53. The van der Waals surface area contributed by atoms with E-state index in [1.54, 1.807) is 0 Å². The maximum absolute atomic E-state index is 13.0. The summed E-state index contributed by atoms with van der Waals surface area (Å²) in [5.74, 6) is 0.141. The van der Waals surface area contributed by atoms with Gasteiger partial charge >= 0.3 is 0 Å². The van der Waals surface area contributed by atoms with E-state index in [1.807, 2.05) is 40.1 Å². The van der Waals surface area contributed by atoms with Gasteiger partial charge in [-0.3, -0.25) is 9.59 Å². The van der Waals surface area contributed by atoms with Crippen LogP contribution in [0.3, 0.4) is 0 Å². The van der Waals surface area contributed by atoms with Gasteiger partial charge in [-0.2, -0.15) is 0 Å². The minimum absolute atomic E-state index is 0.0279. The van der Waals surface area contributed by atoms with Crippen molar-refractivity contribution in [1.29, 1.82) is 0 Å². The van der Waals surface area contributed by atoms with Crippen LogP contribution in [0.2, 0.25) is 0 Å². The van der Waals surface area contributed by atoms with E-state index in [1.165, 1.54) is 0 Å². The van der Waals surface area contributed by atoms with Crippen LogP contribution in [0.4, 0.5) is 0 Å². The number of rotatable bonds is 6. The first-order chi connectivity index (χ1) is 13.2. The molecule has 2 fully saturated rings. The standard InChI is InChI=1S/C21H31N3O3/c22-11-5-15-27-19-9-13-23(14-10-19)21(26)18-8-4-12-24(16-18)20(25)17-6-2-1-3-7-17/h1-3,6-7,18-19H,4-5,8-16,22H2. The molecule has 3 rings (SSSR count). The summed E-state index contributed by atoms with van der Waals surface area (Å²) >= 11 is 0. The quantitative estimate of drug-likeness (QED) is 0.773. The fourth-order valence-corrected chi connectivity index (χ4v) is 3.96. The van der Waals surface area contributed by atoms with Crippen molar-refractivity contribution in [1.82, 2.24) is 9.80 Å². The molecule has 0 aromatic heterocycles. The van der Waals surface area contributed by atoms with Crippen molar-refractivity contribution >= 4 is 11.8 Å². The highest BCUT2D eigenvalue weighted by Crippen LogP contribution is 2.23. The van der Waals surface area contributed by atoms with Crippen molar-refractivity contribution < 1.29 is 14.3 Å². The molecule has 2 aliphatic heterocycles. The number of hydrogen-bond acceptors (Lipinski definition) is 4. The van der Waals surface area contributed by atoms with Crippen molar-refractivity contribution in [2.45, 2.75) is 38.2 Å². The number of carbonyl (C=O) groups excluding carboxylic acids is 2. The molecule has 0 bridgehead atoms. The lowest BCUT2D eigenvalue weighted by molar-refractivity contribution is -0.139. The van der Waals surface area contributed by atoms with Crippen LogP contribution in [0.1, 0.15) is 42.5 Å². The van der Waals surface area contributed by atoms with Gasteiger partial charge < -0.3 is 20.3 Å². The van der Waals surface area contributed by atoms with Gasteiger partial charge in [0, 0.05) is 38.3 Å². The largest absolute Gasteiger partial charge is 0.378 e. The van der Waals surface area contributed by atoms with E-state index in [4.69, 9.17) is 10.5 Å². The lowest BCUT2D eigenvalue weighted by Gasteiger charge is -2.37. The highest BCUT2D eigenvalue weighted by molar-refractivity contribution is 5.94. The Kier molecular flexibility index (Phi) is 7.24. The van der Waals surface area contributed by atoms with E-state index in [0.29, 0.717) is 25.3 Å². The van der Waals surface area contributed by atoms with E-state index in [2.05, 4.69) is 0 Å². The monoisotopic (exact) mass is 373 g/mol. The minimum Gasteiger partial charge on any atom is -0.378 e. The molecule has 27 heavy (non-hydrogen) atoms. The van der Waals surface area contributed by atoms with Crippen molar-refractivity contribution in [3.8, 4) is 0 Å². The molecule has 1 aromatic carbocycles. The van der Waals surface area contributed by atoms with Gasteiger partial charge in [0.05, 0.1) is 12.0 Å². The Balaban J connectivity index is 1.49. The molecule has 0 aliphatic carbocycles. The second kappa shape index (κ2) is 9.85. The molecule has 2 N–H and O–H groups in total. The predicted molar refractivity (Wildman–Crippen MR) is 104 cm³/mol. The van der Waals surface area contributed by atoms with Crippen LogP contribution in [-0.4, -0.2) is 67.0 Å². The molecule has 2 heterocycles. The molecule has 148 valence electrons. The van der Waals surface area contributed by atoms with Crippen molar-refractivity contribution in [3.63, 3.8) is 0 Å². The summed E-state index contributed by atoms with van der Waals surface area (Å²) in [5, 5.41) is 0. The van der Waals surface area contributed by atoms with E-state index < -0.39 is 0 Å². The van der Waals surface area contributed by atoms with E-state index >= 15 is 0 Å². The number of amides is 2. The Bertz CT molecular complexity index is 614. The molecular formula is C21H31N3O3. The van der Waals surface area contributed by atoms with Crippen molar-refractivity contribution in [3.05, 3.63) is 35.9 Å². The molecule has 0 spiro atoms. The second-order valence-corrected chi connectivity index (χ2v) is 7.49. The zero-order valence-electron chi connectivity index (χ0n) is 16.0. The first-order valence-corrected chi connectivity index (χ1v) is 10.1. The smallest absolute Gasteiger partial charge is 0.253 e. The molecule has 2 amide bonds. The van der Waals surface area contributed by atoms with Gasteiger partial charge in [0.25, 0.3) is 5.91 Å². The SMILES string of the molecule is NCCCOC1CCN(C(=O)C2CCCN(C(=O)c3ccccc3)C2)CC1. The van der Waals surface area contributed by atoms with Crippen molar-refractivity contribution in [2.75, 3.05) is 39.3 Å². The number of benzene rings is 1. The number of nitrogens with two attached hydrogens (primary N) is 1. The average Bonchev–Trinajstić information content (AvgIpc) is 2.74. The summed E-state index contributed by atoms with van der Waals surface area (Å²) in [6, 6.07) is 9.33. The van der Waals surface area contributed by atoms with E-state index in [0.717, 1.165) is 51.7 Å². The molecule has 0 saturated carbocycles. The topological polar surface area (TPSA) is 75.9 Å². The van der Waals surface area contributed by atoms with Gasteiger partial charge in [0.1, 0.15) is 0 Å². The fourth-order valence-electron chi connectivity index (χ4n) is 3.96. The van der Waals surface area contributed by atoms with Crippen LogP contribution in [-0.2, 0) is 9.53 Å². The average molecular weight is 373 g/mol. The number of hydrogen-bond donors (Lipinski definition) is 1. The molecule has 1 unspecified atom stereocenters. The normalized spacial score (nSPS) is 21.3. The van der Waals surface area contributed by atoms with Crippen LogP contribution in [0.5, 0.6) is 0 Å². The van der Waals surface area contributed by atoms with Crippen LogP contribution < -0.4 is 5.73 Å². The zero-order valence-corrected chi connectivity index (χ0v) is 16.0. The molecule has 6 heteroatoms. The third-order valence-electron chi connectivity index (χ3n) is 5.53. The van der Waals surface area contributed by atoms with Gasteiger partial charge in [0.2, 0.25) is 5.91 Å². The van der Waals surface area contributed by atoms with Crippen LogP contribution >= 0.6 is 0 Å². The maximum atomic E-state index is 13.0. The van der Waals surface area contributed by atoms with E-state index in [-0.39, 0.29) is 23.8 Å². The summed E-state index contributed by atoms with van der Waals surface area (Å²) in [5.41, 5.74) is 6.19. The summed E-state index contributed by atoms with van der Waals surface area (Å²) in [6.07, 6.45) is 4.64. The first kappa shape index (κ1) is 19.8. The minimum atomic E-state index is -0.0823. The van der Waals surface area contributed by atoms with Crippen LogP contribution in [0.15, 0.2) is 30.3 Å². The van der Waals surface area contributed by atoms with E-state index in [9.17, 15) is 9.59 Å². The zero-order chi connectivity index (χ0) is 19.1. The Labute approximate surface area is 161 Å². The lowest BCUT2D eigenvalue weighted by Crippen LogP contribution is -2.49. The van der Waals surface area contributed by atoms with Gasteiger partial charge in [-0.15, -0.1) is 0 Å². The fraction of sp³-hybridized carbons (Fsp3) is 0.619. The van der Waals surface area contributed by atoms with Gasteiger partial charge in [-0.25, -0.2) is 0 Å². The van der Waals surface area contributed by atoms with Crippen LogP contribution in [0, 0.1) is 5.92 Å². The number of likely N-dealkylation sites (tertiary alicyclic amines) is 2. The van der Waals surface area contributed by atoms with Crippen molar-refractivity contribution in [2.24, 2.45) is 11.7 Å². The second-order valence-electron chi connectivity index (χ2n) is 7.49. The lowest BCUT2D eigenvalue weighted by atomic mass is 9.94. The molecule has 1 atom stereocenters.